The minimum absolute atomic E-state index is 0.0116. The highest BCUT2D eigenvalue weighted by Crippen LogP contribution is 2.25. The topological polar surface area (TPSA) is 110 Å². The predicted molar refractivity (Wildman–Crippen MR) is 121 cm³/mol. The van der Waals surface area contributed by atoms with Gasteiger partial charge in [0.25, 0.3) is 11.8 Å². The first-order valence-corrected chi connectivity index (χ1v) is 11.3. The van der Waals surface area contributed by atoms with Gasteiger partial charge in [0.15, 0.2) is 0 Å². The van der Waals surface area contributed by atoms with Gasteiger partial charge >= 0.3 is 16.1 Å². The lowest BCUT2D eigenvalue weighted by Gasteiger charge is -2.26. The summed E-state index contributed by atoms with van der Waals surface area (Å²) in [5.41, 5.74) is 0.235. The zero-order valence-corrected chi connectivity index (χ0v) is 18.3. The van der Waals surface area contributed by atoms with E-state index in [1.807, 2.05) is 0 Å². The zero-order valence-electron chi connectivity index (χ0n) is 16.8. The molecule has 0 radical (unpaired) electrons. The van der Waals surface area contributed by atoms with Gasteiger partial charge in [0.05, 0.1) is 5.69 Å². The van der Waals surface area contributed by atoms with Gasteiger partial charge in [-0.3, -0.25) is 14.9 Å². The van der Waals surface area contributed by atoms with Gasteiger partial charge in [-0.1, -0.05) is 41.9 Å². The molecule has 1 aliphatic heterocycles. The van der Waals surface area contributed by atoms with E-state index in [4.69, 9.17) is 15.8 Å². The standard InChI is InChI=1S/C23H15ClN2O6S/c24-16-9-11-17(12-10-16)26-22(28)20(21(27)25-23(26)29)14-15-5-4-6-18(13-15)32-33(30,31)19-7-2-1-3-8-19/h1-14H,(H,25,27,29)/b20-14-. The van der Waals surface area contributed by atoms with Gasteiger partial charge in [-0.2, -0.15) is 8.42 Å². The van der Waals surface area contributed by atoms with Crippen molar-refractivity contribution in [1.82, 2.24) is 5.32 Å². The lowest BCUT2D eigenvalue weighted by Crippen LogP contribution is -2.54. The van der Waals surface area contributed by atoms with Crippen LogP contribution in [0, 0.1) is 0 Å². The molecule has 0 atom stereocenters. The van der Waals surface area contributed by atoms with E-state index < -0.39 is 28.0 Å². The Labute approximate surface area is 194 Å². The number of halogens is 1. The van der Waals surface area contributed by atoms with E-state index in [1.165, 1.54) is 60.7 Å². The SMILES string of the molecule is O=C1NC(=O)N(c2ccc(Cl)cc2)C(=O)/C1=C\c1cccc(OS(=O)(=O)c2ccccc2)c1. The van der Waals surface area contributed by atoms with Crippen molar-refractivity contribution in [3.8, 4) is 5.75 Å². The molecule has 1 saturated heterocycles. The van der Waals surface area contributed by atoms with Crippen molar-refractivity contribution in [1.29, 1.82) is 0 Å². The Hall–Kier alpha value is -3.95. The summed E-state index contributed by atoms with van der Waals surface area (Å²) in [6.07, 6.45) is 1.25. The van der Waals surface area contributed by atoms with E-state index in [2.05, 4.69) is 5.32 Å². The number of nitrogens with zero attached hydrogens (tertiary/aromatic N) is 1. The molecule has 0 spiro atoms. The molecule has 166 valence electrons. The van der Waals surface area contributed by atoms with Crippen LogP contribution in [-0.4, -0.2) is 26.3 Å². The number of barbiturate groups is 1. The highest BCUT2D eigenvalue weighted by molar-refractivity contribution is 7.87. The molecule has 3 aromatic rings. The summed E-state index contributed by atoms with van der Waals surface area (Å²) in [5, 5.41) is 2.53. The van der Waals surface area contributed by atoms with Crippen molar-refractivity contribution < 1.29 is 27.0 Å². The number of hydrogen-bond donors (Lipinski definition) is 1. The van der Waals surface area contributed by atoms with E-state index in [0.29, 0.717) is 10.6 Å². The molecule has 1 heterocycles. The van der Waals surface area contributed by atoms with Crippen molar-refractivity contribution in [2.75, 3.05) is 4.90 Å². The molecule has 8 nitrogen and oxygen atoms in total. The Kier molecular flexibility index (Phi) is 5.99. The van der Waals surface area contributed by atoms with Gasteiger partial charge in [0, 0.05) is 5.02 Å². The fourth-order valence-electron chi connectivity index (χ4n) is 3.07. The number of nitrogens with one attached hydrogen (secondary N) is 1. The van der Waals surface area contributed by atoms with Crippen molar-refractivity contribution in [3.63, 3.8) is 0 Å². The second-order valence-corrected chi connectivity index (χ2v) is 8.84. The molecule has 0 unspecified atom stereocenters. The number of carbonyl (C=O) groups is 3. The molecule has 0 aromatic heterocycles. The van der Waals surface area contributed by atoms with Crippen LogP contribution in [0.5, 0.6) is 5.75 Å². The molecule has 1 aliphatic rings. The molecule has 4 amide bonds. The van der Waals surface area contributed by atoms with Crippen LogP contribution in [0.25, 0.3) is 6.08 Å². The second-order valence-electron chi connectivity index (χ2n) is 6.86. The Morgan fingerprint density at radius 1 is 0.879 bits per heavy atom. The first-order chi connectivity index (χ1) is 15.7. The fraction of sp³-hybridized carbons (Fsp3) is 0. The van der Waals surface area contributed by atoms with Crippen LogP contribution in [-0.2, 0) is 19.7 Å². The third-order valence-corrected chi connectivity index (χ3v) is 6.11. The smallest absolute Gasteiger partial charge is 0.339 e. The van der Waals surface area contributed by atoms with Gasteiger partial charge in [-0.05, 0) is 60.2 Å². The van der Waals surface area contributed by atoms with Gasteiger partial charge < -0.3 is 4.18 Å². The normalized spacial score (nSPS) is 15.5. The minimum atomic E-state index is -4.07. The van der Waals surface area contributed by atoms with Crippen LogP contribution in [0.4, 0.5) is 10.5 Å². The number of benzene rings is 3. The molecule has 10 heteroatoms. The van der Waals surface area contributed by atoms with Crippen molar-refractivity contribution >= 4 is 51.3 Å². The highest BCUT2D eigenvalue weighted by Gasteiger charge is 2.36. The third-order valence-electron chi connectivity index (χ3n) is 4.59. The Bertz CT molecular complexity index is 1390. The summed E-state index contributed by atoms with van der Waals surface area (Å²) in [4.78, 5) is 38.4. The maximum Gasteiger partial charge on any atom is 0.339 e. The number of rotatable bonds is 5. The van der Waals surface area contributed by atoms with Crippen molar-refractivity contribution in [2.24, 2.45) is 0 Å². The van der Waals surface area contributed by atoms with E-state index in [0.717, 1.165) is 4.90 Å². The van der Waals surface area contributed by atoms with Gasteiger partial charge in [-0.15, -0.1) is 0 Å². The van der Waals surface area contributed by atoms with Gasteiger partial charge in [0.2, 0.25) is 0 Å². The van der Waals surface area contributed by atoms with Crippen LogP contribution < -0.4 is 14.4 Å². The van der Waals surface area contributed by atoms with Gasteiger partial charge in [-0.25, -0.2) is 9.69 Å². The molecule has 3 aromatic carbocycles. The summed E-state index contributed by atoms with van der Waals surface area (Å²) in [7, 11) is -4.07. The van der Waals surface area contributed by atoms with E-state index in [9.17, 15) is 22.8 Å². The number of anilines is 1. The molecule has 0 bridgehead atoms. The number of amides is 4. The van der Waals surface area contributed by atoms with Crippen LogP contribution >= 0.6 is 11.6 Å². The van der Waals surface area contributed by atoms with Crippen LogP contribution in [0.2, 0.25) is 5.02 Å². The largest absolute Gasteiger partial charge is 0.379 e. The molecule has 33 heavy (non-hydrogen) atoms. The predicted octanol–water partition coefficient (Wildman–Crippen LogP) is 3.77. The average molecular weight is 483 g/mol. The first-order valence-electron chi connectivity index (χ1n) is 9.51. The van der Waals surface area contributed by atoms with Crippen molar-refractivity contribution in [2.45, 2.75) is 4.90 Å². The zero-order chi connectivity index (χ0) is 23.6. The Balaban J connectivity index is 1.64. The first kappa shape index (κ1) is 22.3. The highest BCUT2D eigenvalue weighted by atomic mass is 35.5. The lowest BCUT2D eigenvalue weighted by molar-refractivity contribution is -0.122. The number of carbonyl (C=O) groups excluding carboxylic acids is 3. The molecular weight excluding hydrogens is 468 g/mol. The number of imide groups is 2. The number of hydrogen-bond acceptors (Lipinski definition) is 6. The van der Waals surface area contributed by atoms with Crippen LogP contribution in [0.1, 0.15) is 5.56 Å². The minimum Gasteiger partial charge on any atom is -0.379 e. The van der Waals surface area contributed by atoms with Crippen molar-refractivity contribution in [3.05, 3.63) is 95.0 Å². The van der Waals surface area contributed by atoms with E-state index in [-0.39, 0.29) is 21.9 Å². The average Bonchev–Trinajstić information content (AvgIpc) is 2.78. The maximum absolute atomic E-state index is 13.0. The summed E-state index contributed by atoms with van der Waals surface area (Å²) in [6, 6.07) is 18.5. The summed E-state index contributed by atoms with van der Waals surface area (Å²) < 4.78 is 30.1. The molecule has 1 fully saturated rings. The second kappa shape index (κ2) is 8.89. The van der Waals surface area contributed by atoms with E-state index in [1.54, 1.807) is 24.3 Å². The molecule has 4 rings (SSSR count). The monoisotopic (exact) mass is 482 g/mol. The summed E-state index contributed by atoms with van der Waals surface area (Å²) >= 11 is 5.86. The number of urea groups is 1. The Morgan fingerprint density at radius 2 is 1.58 bits per heavy atom. The molecule has 1 N–H and O–H groups in total. The van der Waals surface area contributed by atoms with Gasteiger partial charge in [0.1, 0.15) is 16.2 Å². The van der Waals surface area contributed by atoms with Crippen LogP contribution in [0.3, 0.4) is 0 Å². The van der Waals surface area contributed by atoms with Crippen LogP contribution in [0.15, 0.2) is 89.3 Å². The summed E-state index contributed by atoms with van der Waals surface area (Å²) in [6.45, 7) is 0. The lowest BCUT2D eigenvalue weighted by atomic mass is 10.1. The maximum atomic E-state index is 13.0. The molecular formula is C23H15ClN2O6S. The summed E-state index contributed by atoms with van der Waals surface area (Å²) in [5.74, 6) is -1.73. The fourth-order valence-corrected chi connectivity index (χ4v) is 4.14. The molecule has 0 saturated carbocycles. The molecule has 0 aliphatic carbocycles. The Morgan fingerprint density at radius 3 is 2.27 bits per heavy atom. The van der Waals surface area contributed by atoms with E-state index >= 15 is 0 Å². The third kappa shape index (κ3) is 4.79. The quantitative estimate of drug-likeness (QED) is 0.337.